The fraction of sp³-hybridized carbons (Fsp3) is 0.375. The zero-order valence-electron chi connectivity index (χ0n) is 18.6. The molecule has 0 bridgehead atoms. The van der Waals surface area contributed by atoms with Crippen LogP contribution in [0.15, 0.2) is 30.5 Å². The van der Waals surface area contributed by atoms with Crippen molar-refractivity contribution in [2.75, 3.05) is 39.3 Å². The molecular formula is C24H26N4O5. The van der Waals surface area contributed by atoms with Crippen LogP contribution in [0.5, 0.6) is 5.75 Å². The molecule has 1 aromatic carbocycles. The van der Waals surface area contributed by atoms with Gasteiger partial charge in [-0.05, 0) is 36.6 Å². The summed E-state index contributed by atoms with van der Waals surface area (Å²) in [6, 6.07) is 7.75. The van der Waals surface area contributed by atoms with Gasteiger partial charge in [0.2, 0.25) is 5.91 Å². The summed E-state index contributed by atoms with van der Waals surface area (Å²) in [7, 11) is 3.19. The van der Waals surface area contributed by atoms with E-state index in [4.69, 9.17) is 14.2 Å². The summed E-state index contributed by atoms with van der Waals surface area (Å²) < 4.78 is 17.0. The molecule has 2 amide bonds. The zero-order valence-corrected chi connectivity index (χ0v) is 18.6. The fourth-order valence-corrected chi connectivity index (χ4v) is 4.05. The molecule has 2 aliphatic rings. The normalized spacial score (nSPS) is 18.2. The number of aromatic nitrogens is 2. The van der Waals surface area contributed by atoms with Gasteiger partial charge in [0, 0.05) is 30.1 Å². The van der Waals surface area contributed by atoms with Crippen LogP contribution in [-0.2, 0) is 14.3 Å². The van der Waals surface area contributed by atoms with Crippen molar-refractivity contribution in [3.63, 3.8) is 0 Å². The lowest BCUT2D eigenvalue weighted by atomic mass is 10.0. The molecule has 1 aliphatic heterocycles. The van der Waals surface area contributed by atoms with Gasteiger partial charge in [0.05, 0.1) is 43.7 Å². The standard InChI is InChI=1S/C24H26N4O5/c1-25-24(30)17-11-26-22(28-23(29)13-3-4-13)21-16(17)10-18(27-21)15-6-5-14(9-19(15)31-2)20-12-32-7-8-33-20/h5-6,9-11,13,20,27H,3-4,7-8,12H2,1-2H3,(H,25,30)(H,26,28,29). The first-order valence-electron chi connectivity index (χ1n) is 11.0. The summed E-state index contributed by atoms with van der Waals surface area (Å²) in [6.07, 6.45) is 3.13. The van der Waals surface area contributed by atoms with Crippen LogP contribution < -0.4 is 15.4 Å². The lowest BCUT2D eigenvalue weighted by Gasteiger charge is -2.24. The van der Waals surface area contributed by atoms with Crippen LogP contribution in [0.25, 0.3) is 22.2 Å². The number of hydrogen-bond acceptors (Lipinski definition) is 6. The number of nitrogens with zero attached hydrogens (tertiary/aromatic N) is 1. The number of ether oxygens (including phenoxy) is 3. The van der Waals surface area contributed by atoms with Crippen LogP contribution in [0.2, 0.25) is 0 Å². The van der Waals surface area contributed by atoms with Crippen LogP contribution in [0.3, 0.4) is 0 Å². The summed E-state index contributed by atoms with van der Waals surface area (Å²) >= 11 is 0. The molecular weight excluding hydrogens is 424 g/mol. The zero-order chi connectivity index (χ0) is 22.9. The first-order chi connectivity index (χ1) is 16.1. The Morgan fingerprint density at radius 1 is 1.21 bits per heavy atom. The van der Waals surface area contributed by atoms with E-state index < -0.39 is 0 Å². The van der Waals surface area contributed by atoms with E-state index in [-0.39, 0.29) is 23.8 Å². The van der Waals surface area contributed by atoms with Crippen LogP contribution in [0, 0.1) is 5.92 Å². The third-order valence-electron chi connectivity index (χ3n) is 6.03. The molecule has 2 fully saturated rings. The third-order valence-corrected chi connectivity index (χ3v) is 6.03. The monoisotopic (exact) mass is 450 g/mol. The van der Waals surface area contributed by atoms with Crippen LogP contribution in [0.4, 0.5) is 5.82 Å². The smallest absolute Gasteiger partial charge is 0.253 e. The number of amides is 2. The molecule has 5 rings (SSSR count). The Hall–Kier alpha value is -3.43. The lowest BCUT2D eigenvalue weighted by Crippen LogP contribution is -2.21. The van der Waals surface area contributed by atoms with Crippen molar-refractivity contribution in [2.24, 2.45) is 5.92 Å². The van der Waals surface area contributed by atoms with Gasteiger partial charge < -0.3 is 29.8 Å². The lowest BCUT2D eigenvalue weighted by molar-refractivity contribution is -0.117. The molecule has 33 heavy (non-hydrogen) atoms. The number of benzene rings is 1. The molecule has 9 heteroatoms. The number of H-pyrrole nitrogens is 1. The molecule has 9 nitrogen and oxygen atoms in total. The number of carbonyl (C=O) groups excluding carboxylic acids is 2. The number of methoxy groups -OCH3 is 1. The minimum Gasteiger partial charge on any atom is -0.496 e. The Balaban J connectivity index is 1.57. The van der Waals surface area contributed by atoms with Crippen molar-refractivity contribution in [3.05, 3.63) is 41.6 Å². The van der Waals surface area contributed by atoms with Gasteiger partial charge in [-0.2, -0.15) is 0 Å². The second-order valence-electron chi connectivity index (χ2n) is 8.23. The summed E-state index contributed by atoms with van der Waals surface area (Å²) in [6.45, 7) is 1.66. The first-order valence-corrected chi connectivity index (χ1v) is 11.0. The molecule has 172 valence electrons. The second kappa shape index (κ2) is 8.84. The first kappa shape index (κ1) is 21.4. The van der Waals surface area contributed by atoms with Crippen molar-refractivity contribution in [2.45, 2.75) is 18.9 Å². The molecule has 1 atom stereocenters. The maximum absolute atomic E-state index is 12.5. The van der Waals surface area contributed by atoms with E-state index in [1.54, 1.807) is 14.2 Å². The Kier molecular flexibility index (Phi) is 5.74. The second-order valence-corrected chi connectivity index (χ2v) is 8.23. The highest BCUT2D eigenvalue weighted by atomic mass is 16.6. The van der Waals surface area contributed by atoms with Gasteiger partial charge in [-0.1, -0.05) is 6.07 Å². The number of fused-ring (bicyclic) bond motifs is 1. The quantitative estimate of drug-likeness (QED) is 0.532. The van der Waals surface area contributed by atoms with Crippen LogP contribution in [-0.4, -0.2) is 55.8 Å². The highest BCUT2D eigenvalue weighted by molar-refractivity contribution is 6.11. The molecule has 1 aliphatic carbocycles. The predicted molar refractivity (Wildman–Crippen MR) is 122 cm³/mol. The van der Waals surface area contributed by atoms with E-state index in [9.17, 15) is 9.59 Å². The van der Waals surface area contributed by atoms with Crippen molar-refractivity contribution in [3.8, 4) is 17.0 Å². The maximum atomic E-state index is 12.5. The van der Waals surface area contributed by atoms with E-state index in [1.165, 1.54) is 6.20 Å². The minimum atomic E-state index is -0.255. The van der Waals surface area contributed by atoms with E-state index in [0.717, 1.165) is 29.7 Å². The summed E-state index contributed by atoms with van der Waals surface area (Å²) in [5.74, 6) is 0.795. The van der Waals surface area contributed by atoms with Gasteiger partial charge >= 0.3 is 0 Å². The van der Waals surface area contributed by atoms with Crippen molar-refractivity contribution >= 4 is 28.5 Å². The Morgan fingerprint density at radius 2 is 2.06 bits per heavy atom. The summed E-state index contributed by atoms with van der Waals surface area (Å²) in [5.41, 5.74) is 3.54. The average Bonchev–Trinajstić information content (AvgIpc) is 3.62. The van der Waals surface area contributed by atoms with Crippen LogP contribution in [0.1, 0.15) is 34.9 Å². The van der Waals surface area contributed by atoms with Gasteiger partial charge in [-0.15, -0.1) is 0 Å². The van der Waals surface area contributed by atoms with Crippen molar-refractivity contribution in [1.29, 1.82) is 0 Å². The molecule has 1 saturated carbocycles. The summed E-state index contributed by atoms with van der Waals surface area (Å²) in [4.78, 5) is 32.5. The fourth-order valence-electron chi connectivity index (χ4n) is 4.05. The third kappa shape index (κ3) is 4.17. The highest BCUT2D eigenvalue weighted by Crippen LogP contribution is 2.37. The number of aromatic amines is 1. The van der Waals surface area contributed by atoms with Gasteiger partial charge in [0.15, 0.2) is 5.82 Å². The number of rotatable bonds is 6. The Bertz CT molecular complexity index is 1210. The number of anilines is 1. The maximum Gasteiger partial charge on any atom is 0.253 e. The number of nitrogens with one attached hydrogen (secondary N) is 3. The SMILES string of the molecule is CNC(=O)c1cnc(NC(=O)C2CC2)c2[nH]c(-c3ccc(C4COCCO4)cc3OC)cc12. The van der Waals surface area contributed by atoms with E-state index in [0.29, 0.717) is 47.9 Å². The number of carbonyl (C=O) groups is 2. The van der Waals surface area contributed by atoms with Gasteiger partial charge in [-0.3, -0.25) is 9.59 Å². The molecule has 2 aromatic heterocycles. The molecule has 3 N–H and O–H groups in total. The molecule has 3 heterocycles. The van der Waals surface area contributed by atoms with E-state index >= 15 is 0 Å². The van der Waals surface area contributed by atoms with Gasteiger partial charge in [0.25, 0.3) is 5.91 Å². The Labute approximate surface area is 190 Å². The molecule has 1 saturated heterocycles. The predicted octanol–water partition coefficient (Wildman–Crippen LogP) is 3.03. The average molecular weight is 450 g/mol. The van der Waals surface area contributed by atoms with Gasteiger partial charge in [-0.25, -0.2) is 4.98 Å². The highest BCUT2D eigenvalue weighted by Gasteiger charge is 2.30. The number of hydrogen-bond donors (Lipinski definition) is 3. The van der Waals surface area contributed by atoms with E-state index in [1.807, 2.05) is 24.3 Å². The largest absolute Gasteiger partial charge is 0.496 e. The van der Waals surface area contributed by atoms with Crippen molar-refractivity contribution in [1.82, 2.24) is 15.3 Å². The Morgan fingerprint density at radius 3 is 2.76 bits per heavy atom. The molecule has 0 spiro atoms. The summed E-state index contributed by atoms with van der Waals surface area (Å²) in [5, 5.41) is 6.22. The minimum absolute atomic E-state index is 0.0357. The molecule has 3 aromatic rings. The van der Waals surface area contributed by atoms with Crippen LogP contribution >= 0.6 is 0 Å². The van der Waals surface area contributed by atoms with Crippen molar-refractivity contribution < 1.29 is 23.8 Å². The topological polar surface area (TPSA) is 115 Å². The molecule has 0 radical (unpaired) electrons. The molecule has 1 unspecified atom stereocenters. The van der Waals surface area contributed by atoms with E-state index in [2.05, 4.69) is 20.6 Å². The number of pyridine rings is 1. The van der Waals surface area contributed by atoms with Gasteiger partial charge in [0.1, 0.15) is 11.9 Å².